The van der Waals surface area contributed by atoms with Crippen molar-refractivity contribution in [3.05, 3.63) is 81.0 Å². The fraction of sp³-hybridized carbons (Fsp3) is 0.385. The van der Waals surface area contributed by atoms with E-state index in [0.29, 0.717) is 28.6 Å². The van der Waals surface area contributed by atoms with Crippen LogP contribution < -0.4 is 16.3 Å². The third kappa shape index (κ3) is 4.01. The van der Waals surface area contributed by atoms with Gasteiger partial charge in [0, 0.05) is 11.9 Å². The van der Waals surface area contributed by atoms with E-state index in [2.05, 4.69) is 10.7 Å². The lowest BCUT2D eigenvalue weighted by atomic mass is 9.77. The Hall–Kier alpha value is -3.15. The predicted molar refractivity (Wildman–Crippen MR) is 126 cm³/mol. The molecule has 3 aromatic rings. The second kappa shape index (κ2) is 9.15. The molecule has 0 bridgehead atoms. The molecule has 0 radical (unpaired) electrons. The molecule has 1 aliphatic carbocycles. The van der Waals surface area contributed by atoms with Crippen molar-refractivity contribution >= 4 is 16.7 Å². The summed E-state index contributed by atoms with van der Waals surface area (Å²) in [7, 11) is 0. The van der Waals surface area contributed by atoms with E-state index in [0.717, 1.165) is 36.8 Å². The number of fused-ring (bicyclic) bond motifs is 1. The zero-order valence-electron chi connectivity index (χ0n) is 18.9. The first kappa shape index (κ1) is 22.1. The quantitative estimate of drug-likeness (QED) is 0.550. The number of hydrogen-bond acceptors (Lipinski definition) is 3. The monoisotopic (exact) mass is 435 g/mol. The van der Waals surface area contributed by atoms with E-state index < -0.39 is 0 Å². The molecule has 0 saturated heterocycles. The third-order valence-corrected chi connectivity index (χ3v) is 6.52. The molecule has 32 heavy (non-hydrogen) atoms. The van der Waals surface area contributed by atoms with Crippen molar-refractivity contribution in [2.45, 2.75) is 52.5 Å². The van der Waals surface area contributed by atoms with Gasteiger partial charge in [-0.2, -0.15) is 0 Å². The SMILES string of the molecule is CCCNn1c(C)c(C(=O)NC(c2cccc(F)c2)C2CCC2)c2cccc(C)c2c1=O. The highest BCUT2D eigenvalue weighted by Crippen LogP contribution is 2.38. The van der Waals surface area contributed by atoms with Gasteiger partial charge in [0.2, 0.25) is 0 Å². The van der Waals surface area contributed by atoms with E-state index >= 15 is 0 Å². The molecule has 168 valence electrons. The van der Waals surface area contributed by atoms with Crippen LogP contribution in [0.2, 0.25) is 0 Å². The lowest BCUT2D eigenvalue weighted by Crippen LogP contribution is -2.39. The predicted octanol–water partition coefficient (Wildman–Crippen LogP) is 4.98. The lowest BCUT2D eigenvalue weighted by Gasteiger charge is -2.35. The first-order valence-corrected chi connectivity index (χ1v) is 11.4. The van der Waals surface area contributed by atoms with Crippen LogP contribution in [-0.2, 0) is 0 Å². The molecule has 1 amide bonds. The number of aromatic nitrogens is 1. The molecular formula is C26H30FN3O2. The second-order valence-electron chi connectivity index (χ2n) is 8.70. The fourth-order valence-corrected chi connectivity index (χ4v) is 4.59. The summed E-state index contributed by atoms with van der Waals surface area (Å²) in [5.74, 6) is -0.278. The number of benzene rings is 2. The van der Waals surface area contributed by atoms with Gasteiger partial charge in [0.1, 0.15) is 5.82 Å². The summed E-state index contributed by atoms with van der Waals surface area (Å²) in [5, 5.41) is 4.37. The Morgan fingerprint density at radius 1 is 1.19 bits per heavy atom. The Bertz CT molecular complexity index is 1210. The standard InChI is InChI=1S/C26H30FN3O2/c1-4-14-28-30-17(3)23(21-13-5-8-16(2)22(21)26(30)32)25(31)29-24(18-9-6-10-18)19-11-7-12-20(27)15-19/h5,7-8,11-13,15,18,24,28H,4,6,9-10,14H2,1-3H3,(H,29,31). The van der Waals surface area contributed by atoms with Crippen LogP contribution in [0, 0.1) is 25.6 Å². The van der Waals surface area contributed by atoms with Gasteiger partial charge in [0.25, 0.3) is 11.5 Å². The highest BCUT2D eigenvalue weighted by Gasteiger charge is 2.31. The van der Waals surface area contributed by atoms with Crippen molar-refractivity contribution in [3.8, 4) is 0 Å². The van der Waals surface area contributed by atoms with Gasteiger partial charge < -0.3 is 10.7 Å². The molecule has 2 aromatic carbocycles. The first-order chi connectivity index (χ1) is 15.4. The number of amides is 1. The van der Waals surface area contributed by atoms with Crippen molar-refractivity contribution in [2.24, 2.45) is 5.92 Å². The van der Waals surface area contributed by atoms with Crippen molar-refractivity contribution in [1.82, 2.24) is 9.99 Å². The molecular weight excluding hydrogens is 405 g/mol. The maximum Gasteiger partial charge on any atom is 0.277 e. The summed E-state index contributed by atoms with van der Waals surface area (Å²) in [5.41, 5.74) is 5.66. The summed E-state index contributed by atoms with van der Waals surface area (Å²) in [6.07, 6.45) is 3.96. The lowest BCUT2D eigenvalue weighted by molar-refractivity contribution is 0.0900. The fourth-order valence-electron chi connectivity index (χ4n) is 4.59. The Balaban J connectivity index is 1.81. The summed E-state index contributed by atoms with van der Waals surface area (Å²) in [4.78, 5) is 26.9. The highest BCUT2D eigenvalue weighted by molar-refractivity contribution is 6.08. The number of carbonyl (C=O) groups excluding carboxylic acids is 1. The van der Waals surface area contributed by atoms with Gasteiger partial charge in [-0.1, -0.05) is 43.7 Å². The minimum absolute atomic E-state index is 0.152. The molecule has 0 spiro atoms. The van der Waals surface area contributed by atoms with E-state index in [1.807, 2.05) is 38.1 Å². The number of aryl methyl sites for hydroxylation is 1. The first-order valence-electron chi connectivity index (χ1n) is 11.4. The van der Waals surface area contributed by atoms with E-state index in [4.69, 9.17) is 0 Å². The third-order valence-electron chi connectivity index (χ3n) is 6.52. The van der Waals surface area contributed by atoms with E-state index in [1.54, 1.807) is 13.0 Å². The summed E-state index contributed by atoms with van der Waals surface area (Å²) in [6.45, 7) is 6.32. The van der Waals surface area contributed by atoms with Crippen LogP contribution in [0.15, 0.2) is 47.3 Å². The van der Waals surface area contributed by atoms with Gasteiger partial charge >= 0.3 is 0 Å². The zero-order chi connectivity index (χ0) is 22.8. The van der Waals surface area contributed by atoms with Crippen LogP contribution in [0.4, 0.5) is 4.39 Å². The highest BCUT2D eigenvalue weighted by atomic mass is 19.1. The Labute approximate surface area is 187 Å². The number of hydrogen-bond donors (Lipinski definition) is 2. The Morgan fingerprint density at radius 2 is 1.94 bits per heavy atom. The minimum atomic E-state index is -0.310. The molecule has 2 N–H and O–H groups in total. The van der Waals surface area contributed by atoms with Gasteiger partial charge in [-0.15, -0.1) is 0 Å². The van der Waals surface area contributed by atoms with Gasteiger partial charge in [-0.25, -0.2) is 9.07 Å². The number of rotatable bonds is 7. The number of pyridine rings is 1. The number of halogens is 1. The molecule has 1 unspecified atom stereocenters. The summed E-state index contributed by atoms with van der Waals surface area (Å²) < 4.78 is 15.4. The second-order valence-corrected chi connectivity index (χ2v) is 8.70. The van der Waals surface area contributed by atoms with E-state index in [-0.39, 0.29) is 29.2 Å². The van der Waals surface area contributed by atoms with Crippen LogP contribution in [0.25, 0.3) is 10.8 Å². The molecule has 4 rings (SSSR count). The average Bonchev–Trinajstić information content (AvgIpc) is 2.72. The van der Waals surface area contributed by atoms with Crippen molar-refractivity contribution in [3.63, 3.8) is 0 Å². The van der Waals surface area contributed by atoms with Crippen LogP contribution >= 0.6 is 0 Å². The molecule has 6 heteroatoms. The van der Waals surface area contributed by atoms with Crippen LogP contribution in [0.5, 0.6) is 0 Å². The molecule has 1 atom stereocenters. The van der Waals surface area contributed by atoms with Crippen LogP contribution in [0.1, 0.15) is 65.8 Å². The summed E-state index contributed by atoms with van der Waals surface area (Å²) >= 11 is 0. The van der Waals surface area contributed by atoms with Gasteiger partial charge in [-0.05, 0) is 62.3 Å². The molecule has 1 fully saturated rings. The van der Waals surface area contributed by atoms with E-state index in [1.165, 1.54) is 16.8 Å². The Kier molecular flexibility index (Phi) is 6.31. The topological polar surface area (TPSA) is 63.1 Å². The van der Waals surface area contributed by atoms with Crippen molar-refractivity contribution in [1.29, 1.82) is 0 Å². The minimum Gasteiger partial charge on any atom is -0.345 e. The zero-order valence-corrected chi connectivity index (χ0v) is 18.9. The van der Waals surface area contributed by atoms with Crippen molar-refractivity contribution < 1.29 is 9.18 Å². The maximum atomic E-state index is 13.9. The average molecular weight is 436 g/mol. The largest absolute Gasteiger partial charge is 0.345 e. The maximum absolute atomic E-state index is 13.9. The number of carbonyl (C=O) groups is 1. The summed E-state index contributed by atoms with van der Waals surface area (Å²) in [6, 6.07) is 11.8. The van der Waals surface area contributed by atoms with Crippen molar-refractivity contribution in [2.75, 3.05) is 12.0 Å². The van der Waals surface area contributed by atoms with Gasteiger partial charge in [-0.3, -0.25) is 9.59 Å². The van der Waals surface area contributed by atoms with Crippen LogP contribution in [-0.4, -0.2) is 17.1 Å². The van der Waals surface area contributed by atoms with Crippen LogP contribution in [0.3, 0.4) is 0 Å². The smallest absolute Gasteiger partial charge is 0.277 e. The molecule has 0 aliphatic heterocycles. The van der Waals surface area contributed by atoms with Gasteiger partial charge in [0.05, 0.1) is 22.7 Å². The molecule has 1 heterocycles. The number of nitrogens with one attached hydrogen (secondary N) is 2. The van der Waals surface area contributed by atoms with Gasteiger partial charge in [0.15, 0.2) is 0 Å². The number of nitrogens with zero attached hydrogens (tertiary/aromatic N) is 1. The molecule has 1 aromatic heterocycles. The molecule has 1 aliphatic rings. The molecule has 1 saturated carbocycles. The molecule has 5 nitrogen and oxygen atoms in total. The Morgan fingerprint density at radius 3 is 2.59 bits per heavy atom. The van der Waals surface area contributed by atoms with E-state index in [9.17, 15) is 14.0 Å². The normalized spacial score (nSPS) is 14.8.